The average Bonchev–Trinajstić information content (AvgIpc) is 3.13. The van der Waals surface area contributed by atoms with E-state index in [4.69, 9.17) is 11.6 Å². The number of amides is 1. The third-order valence-corrected chi connectivity index (χ3v) is 8.00. The van der Waals surface area contributed by atoms with Gasteiger partial charge in [0.15, 0.2) is 15.0 Å². The Morgan fingerprint density at radius 3 is 2.39 bits per heavy atom. The van der Waals surface area contributed by atoms with Crippen LogP contribution in [0.4, 0.5) is 5.13 Å². The number of sulfone groups is 1. The fourth-order valence-corrected chi connectivity index (χ4v) is 5.64. The molecule has 166 valence electrons. The van der Waals surface area contributed by atoms with E-state index in [1.807, 2.05) is 25.1 Å². The molecule has 0 aliphatic carbocycles. The van der Waals surface area contributed by atoms with Crippen molar-refractivity contribution >= 4 is 54.0 Å². The molecule has 6 nitrogen and oxygen atoms in total. The van der Waals surface area contributed by atoms with E-state index in [2.05, 4.69) is 23.7 Å². The molecule has 0 saturated carbocycles. The molecule has 3 rings (SSSR count). The van der Waals surface area contributed by atoms with Crippen molar-refractivity contribution in [3.8, 4) is 0 Å². The second-order valence-electron chi connectivity index (χ2n) is 7.25. The standard InChI is InChI=1S/C22H26ClN3O3S2/c1-4-25(5-2)12-13-26(22-24-19-11-6-16(3)14-20(19)30-22)21(27)15-31(28,29)18-9-7-17(23)8-10-18/h6-11,14H,4-5,12-13,15H2,1-3H3. The molecule has 3 aromatic rings. The van der Waals surface area contributed by atoms with Crippen LogP contribution in [0.15, 0.2) is 47.4 Å². The van der Waals surface area contributed by atoms with Crippen LogP contribution in [0, 0.1) is 6.92 Å². The largest absolute Gasteiger partial charge is 0.302 e. The number of carbonyl (C=O) groups excluding carboxylic acids is 1. The summed E-state index contributed by atoms with van der Waals surface area (Å²) in [7, 11) is -3.80. The third kappa shape index (κ3) is 5.83. The number of aromatic nitrogens is 1. The summed E-state index contributed by atoms with van der Waals surface area (Å²) in [4.78, 5) is 21.6. The first-order valence-electron chi connectivity index (χ1n) is 10.1. The summed E-state index contributed by atoms with van der Waals surface area (Å²) in [5.74, 6) is -1.11. The van der Waals surface area contributed by atoms with Gasteiger partial charge in [0.05, 0.1) is 15.1 Å². The molecule has 2 aromatic carbocycles. The van der Waals surface area contributed by atoms with Crippen molar-refractivity contribution in [3.05, 3.63) is 53.1 Å². The minimum atomic E-state index is -3.80. The van der Waals surface area contributed by atoms with Crippen molar-refractivity contribution in [1.29, 1.82) is 0 Å². The van der Waals surface area contributed by atoms with Crippen LogP contribution in [0.5, 0.6) is 0 Å². The number of hydrogen-bond acceptors (Lipinski definition) is 6. The second-order valence-corrected chi connectivity index (χ2v) is 10.7. The Morgan fingerprint density at radius 2 is 1.74 bits per heavy atom. The molecular formula is C22H26ClN3O3S2. The lowest BCUT2D eigenvalue weighted by molar-refractivity contribution is -0.116. The molecule has 0 atom stereocenters. The van der Waals surface area contributed by atoms with Gasteiger partial charge in [-0.1, -0.05) is 42.9 Å². The van der Waals surface area contributed by atoms with Crippen LogP contribution in [0.2, 0.25) is 5.02 Å². The number of aryl methyl sites for hydroxylation is 1. The lowest BCUT2D eigenvalue weighted by atomic mass is 10.2. The molecule has 0 spiro atoms. The van der Waals surface area contributed by atoms with Gasteiger partial charge in [0, 0.05) is 18.1 Å². The maximum Gasteiger partial charge on any atom is 0.244 e. The minimum Gasteiger partial charge on any atom is -0.302 e. The SMILES string of the molecule is CCN(CC)CCN(C(=O)CS(=O)(=O)c1ccc(Cl)cc1)c1nc2ccc(C)cc2s1. The Morgan fingerprint density at radius 1 is 1.06 bits per heavy atom. The van der Waals surface area contributed by atoms with E-state index >= 15 is 0 Å². The van der Waals surface area contributed by atoms with Gasteiger partial charge in [-0.25, -0.2) is 13.4 Å². The normalized spacial score (nSPS) is 11.9. The number of anilines is 1. The summed E-state index contributed by atoms with van der Waals surface area (Å²) in [5, 5.41) is 0.958. The van der Waals surface area contributed by atoms with E-state index < -0.39 is 21.5 Å². The van der Waals surface area contributed by atoms with Gasteiger partial charge in [-0.15, -0.1) is 0 Å². The van der Waals surface area contributed by atoms with Crippen LogP contribution >= 0.6 is 22.9 Å². The summed E-state index contributed by atoms with van der Waals surface area (Å²) in [6.45, 7) is 8.81. The number of likely N-dealkylation sites (N-methyl/N-ethyl adjacent to an activating group) is 1. The second kappa shape index (κ2) is 10.1. The number of hydrogen-bond donors (Lipinski definition) is 0. The highest BCUT2D eigenvalue weighted by molar-refractivity contribution is 7.92. The molecule has 0 saturated heterocycles. The Bertz CT molecular complexity index is 1160. The summed E-state index contributed by atoms with van der Waals surface area (Å²) >= 11 is 7.27. The highest BCUT2D eigenvalue weighted by Gasteiger charge is 2.27. The van der Waals surface area contributed by atoms with Gasteiger partial charge in [-0.2, -0.15) is 0 Å². The highest BCUT2D eigenvalue weighted by atomic mass is 35.5. The van der Waals surface area contributed by atoms with E-state index in [0.29, 0.717) is 23.2 Å². The van der Waals surface area contributed by atoms with Gasteiger partial charge in [0.25, 0.3) is 0 Å². The van der Waals surface area contributed by atoms with Crippen LogP contribution < -0.4 is 4.90 Å². The molecule has 1 amide bonds. The summed E-state index contributed by atoms with van der Waals surface area (Å²) in [6, 6.07) is 11.8. The fourth-order valence-electron chi connectivity index (χ4n) is 3.21. The number of rotatable bonds is 9. The predicted octanol–water partition coefficient (Wildman–Crippen LogP) is 4.41. The van der Waals surface area contributed by atoms with Crippen LogP contribution in [-0.2, 0) is 14.6 Å². The van der Waals surface area contributed by atoms with E-state index in [1.54, 1.807) is 0 Å². The van der Waals surface area contributed by atoms with Crippen LogP contribution in [0.1, 0.15) is 19.4 Å². The number of nitrogens with zero attached hydrogens (tertiary/aromatic N) is 3. The molecule has 0 unspecified atom stereocenters. The molecule has 1 heterocycles. The van der Waals surface area contributed by atoms with Crippen LogP contribution in [0.25, 0.3) is 10.2 Å². The van der Waals surface area contributed by atoms with E-state index in [1.165, 1.54) is 40.5 Å². The molecule has 0 bridgehead atoms. The summed E-state index contributed by atoms with van der Waals surface area (Å²) in [5.41, 5.74) is 1.90. The zero-order valence-corrected chi connectivity index (χ0v) is 20.2. The monoisotopic (exact) mass is 479 g/mol. The zero-order chi connectivity index (χ0) is 22.6. The summed E-state index contributed by atoms with van der Waals surface area (Å²) in [6.07, 6.45) is 0. The molecule has 0 aliphatic rings. The molecule has 0 radical (unpaired) electrons. The smallest absolute Gasteiger partial charge is 0.244 e. The highest BCUT2D eigenvalue weighted by Crippen LogP contribution is 2.30. The van der Waals surface area contributed by atoms with Gasteiger partial charge in [-0.05, 0) is 62.0 Å². The van der Waals surface area contributed by atoms with E-state index in [0.717, 1.165) is 28.9 Å². The molecule has 1 aromatic heterocycles. The molecule has 0 fully saturated rings. The Balaban J connectivity index is 1.90. The lowest BCUT2D eigenvalue weighted by Gasteiger charge is -2.24. The van der Waals surface area contributed by atoms with Crippen molar-refractivity contribution < 1.29 is 13.2 Å². The molecule has 9 heteroatoms. The Hall–Kier alpha value is -2.00. The van der Waals surface area contributed by atoms with Crippen LogP contribution in [0.3, 0.4) is 0 Å². The number of halogens is 1. The topological polar surface area (TPSA) is 70.6 Å². The molecule has 31 heavy (non-hydrogen) atoms. The first-order chi connectivity index (χ1) is 14.7. The van der Waals surface area contributed by atoms with Gasteiger partial charge in [-0.3, -0.25) is 9.69 Å². The fraction of sp³-hybridized carbons (Fsp3) is 0.364. The zero-order valence-electron chi connectivity index (χ0n) is 17.8. The van der Waals surface area contributed by atoms with Crippen molar-refractivity contribution in [2.45, 2.75) is 25.7 Å². The number of thiazole rings is 1. The molecule has 0 N–H and O–H groups in total. The predicted molar refractivity (Wildman–Crippen MR) is 128 cm³/mol. The first-order valence-corrected chi connectivity index (χ1v) is 13.0. The lowest BCUT2D eigenvalue weighted by Crippen LogP contribution is -2.41. The third-order valence-electron chi connectivity index (χ3n) is 5.09. The van der Waals surface area contributed by atoms with Crippen molar-refractivity contribution in [2.75, 3.05) is 36.8 Å². The number of fused-ring (bicyclic) bond motifs is 1. The van der Waals surface area contributed by atoms with Crippen molar-refractivity contribution in [3.63, 3.8) is 0 Å². The van der Waals surface area contributed by atoms with Gasteiger partial charge in [0.1, 0.15) is 5.75 Å². The quantitative estimate of drug-likeness (QED) is 0.454. The van der Waals surface area contributed by atoms with E-state index in [9.17, 15) is 13.2 Å². The maximum absolute atomic E-state index is 13.2. The molecular weight excluding hydrogens is 454 g/mol. The molecule has 0 aliphatic heterocycles. The Kier molecular flexibility index (Phi) is 7.69. The van der Waals surface area contributed by atoms with Crippen LogP contribution in [-0.4, -0.2) is 56.1 Å². The van der Waals surface area contributed by atoms with E-state index in [-0.39, 0.29) is 4.90 Å². The van der Waals surface area contributed by atoms with Gasteiger partial charge < -0.3 is 4.90 Å². The maximum atomic E-state index is 13.2. The van der Waals surface area contributed by atoms with Gasteiger partial charge >= 0.3 is 0 Å². The van der Waals surface area contributed by atoms with Gasteiger partial charge in [0.2, 0.25) is 5.91 Å². The number of benzene rings is 2. The van der Waals surface area contributed by atoms with Crippen molar-refractivity contribution in [1.82, 2.24) is 9.88 Å². The average molecular weight is 480 g/mol. The van der Waals surface area contributed by atoms with Crippen molar-refractivity contribution in [2.24, 2.45) is 0 Å². The summed E-state index contributed by atoms with van der Waals surface area (Å²) < 4.78 is 26.6. The number of carbonyl (C=O) groups is 1. The first kappa shape index (κ1) is 23.7. The minimum absolute atomic E-state index is 0.0777. The Labute approximate surface area is 192 Å².